The molecule has 0 radical (unpaired) electrons. The molecule has 3 heteroatoms. The Morgan fingerprint density at radius 3 is 2.41 bits per heavy atom. The lowest BCUT2D eigenvalue weighted by molar-refractivity contribution is 0.0210. The van der Waals surface area contributed by atoms with Crippen LogP contribution >= 0.6 is 11.6 Å². The van der Waals surface area contributed by atoms with Crippen LogP contribution in [0.2, 0.25) is 5.02 Å². The molecule has 1 heterocycles. The molecule has 3 rings (SSSR count). The Kier molecular flexibility index (Phi) is 4.82. The SMILES string of the molecule is OC1(c2ccc(Cl)cc2)CCCN(Cc2ccccc2)CC1. The second kappa shape index (κ2) is 6.82. The third-order valence-electron chi connectivity index (χ3n) is 4.54. The van der Waals surface area contributed by atoms with Gasteiger partial charge in [-0.05, 0) is 49.1 Å². The highest BCUT2D eigenvalue weighted by Crippen LogP contribution is 2.33. The standard InChI is InChI=1S/C19H22ClNO/c20-18-9-7-17(8-10-18)19(22)11-4-13-21(14-12-19)15-16-5-2-1-3-6-16/h1-3,5-10,22H,4,11-15H2. The maximum absolute atomic E-state index is 11.0. The molecule has 1 saturated heterocycles. The summed E-state index contributed by atoms with van der Waals surface area (Å²) in [6.45, 7) is 2.90. The van der Waals surface area contributed by atoms with Crippen molar-refractivity contribution in [2.24, 2.45) is 0 Å². The van der Waals surface area contributed by atoms with Gasteiger partial charge < -0.3 is 5.11 Å². The molecule has 1 atom stereocenters. The molecule has 2 nitrogen and oxygen atoms in total. The van der Waals surface area contributed by atoms with E-state index in [0.29, 0.717) is 5.02 Å². The molecule has 1 unspecified atom stereocenters. The Hall–Kier alpha value is -1.35. The van der Waals surface area contributed by atoms with Crippen molar-refractivity contribution in [2.45, 2.75) is 31.4 Å². The van der Waals surface area contributed by atoms with Gasteiger partial charge in [0.25, 0.3) is 0 Å². The lowest BCUT2D eigenvalue weighted by atomic mass is 9.87. The van der Waals surface area contributed by atoms with Crippen molar-refractivity contribution in [3.8, 4) is 0 Å². The Labute approximate surface area is 137 Å². The Bertz CT molecular complexity index is 599. The number of benzene rings is 2. The molecule has 1 aliphatic heterocycles. The second-order valence-electron chi connectivity index (χ2n) is 6.15. The zero-order valence-electron chi connectivity index (χ0n) is 12.7. The lowest BCUT2D eigenvalue weighted by Crippen LogP contribution is -2.29. The zero-order chi connectivity index (χ0) is 15.4. The van der Waals surface area contributed by atoms with Gasteiger partial charge in [0.2, 0.25) is 0 Å². The van der Waals surface area contributed by atoms with Crippen LogP contribution in [0, 0.1) is 0 Å². The molecule has 0 saturated carbocycles. The van der Waals surface area contributed by atoms with Gasteiger partial charge in [0.15, 0.2) is 0 Å². The van der Waals surface area contributed by atoms with Crippen LogP contribution in [0.1, 0.15) is 30.4 Å². The Balaban J connectivity index is 1.67. The summed E-state index contributed by atoms with van der Waals surface area (Å²) in [6, 6.07) is 18.2. The third-order valence-corrected chi connectivity index (χ3v) is 4.79. The fraction of sp³-hybridized carbons (Fsp3) is 0.368. The predicted octanol–water partition coefficient (Wildman–Crippen LogP) is 4.21. The Morgan fingerprint density at radius 2 is 1.68 bits per heavy atom. The molecule has 0 aromatic heterocycles. The van der Waals surface area contributed by atoms with Gasteiger partial charge in [-0.3, -0.25) is 4.90 Å². The molecule has 1 N–H and O–H groups in total. The maximum Gasteiger partial charge on any atom is 0.0909 e. The normalized spacial score (nSPS) is 23.2. The van der Waals surface area contributed by atoms with E-state index in [9.17, 15) is 5.11 Å². The molecule has 0 spiro atoms. The van der Waals surface area contributed by atoms with Gasteiger partial charge in [-0.2, -0.15) is 0 Å². The summed E-state index contributed by atoms with van der Waals surface area (Å²) in [7, 11) is 0. The van der Waals surface area contributed by atoms with E-state index in [1.54, 1.807) is 0 Å². The van der Waals surface area contributed by atoms with Gasteiger partial charge in [-0.1, -0.05) is 54.1 Å². The van der Waals surface area contributed by atoms with Crippen molar-refractivity contribution in [3.05, 3.63) is 70.7 Å². The summed E-state index contributed by atoms with van der Waals surface area (Å²) < 4.78 is 0. The molecule has 2 aromatic rings. The number of nitrogens with zero attached hydrogens (tertiary/aromatic N) is 1. The van der Waals surface area contributed by atoms with E-state index in [1.165, 1.54) is 5.56 Å². The summed E-state index contributed by atoms with van der Waals surface area (Å²) >= 11 is 5.95. The van der Waals surface area contributed by atoms with Crippen LogP contribution in [0.5, 0.6) is 0 Å². The molecule has 22 heavy (non-hydrogen) atoms. The quantitative estimate of drug-likeness (QED) is 0.917. The highest BCUT2D eigenvalue weighted by molar-refractivity contribution is 6.30. The smallest absolute Gasteiger partial charge is 0.0909 e. The van der Waals surface area contributed by atoms with Gasteiger partial charge >= 0.3 is 0 Å². The highest BCUT2D eigenvalue weighted by Gasteiger charge is 2.31. The first-order valence-electron chi connectivity index (χ1n) is 7.90. The van der Waals surface area contributed by atoms with Gasteiger partial charge in [0.1, 0.15) is 0 Å². The molecular weight excluding hydrogens is 294 g/mol. The molecule has 116 valence electrons. The van der Waals surface area contributed by atoms with Gasteiger partial charge in [0.05, 0.1) is 5.60 Å². The molecular formula is C19H22ClNO. The topological polar surface area (TPSA) is 23.5 Å². The van der Waals surface area contributed by atoms with Crippen LogP contribution in [0.15, 0.2) is 54.6 Å². The summed E-state index contributed by atoms with van der Waals surface area (Å²) in [5.41, 5.74) is 1.59. The summed E-state index contributed by atoms with van der Waals surface area (Å²) in [4.78, 5) is 2.43. The molecule has 2 aromatic carbocycles. The van der Waals surface area contributed by atoms with Gasteiger partial charge in [-0.15, -0.1) is 0 Å². The monoisotopic (exact) mass is 315 g/mol. The second-order valence-corrected chi connectivity index (χ2v) is 6.59. The van der Waals surface area contributed by atoms with Gasteiger partial charge in [0, 0.05) is 18.1 Å². The highest BCUT2D eigenvalue weighted by atomic mass is 35.5. The minimum absolute atomic E-state index is 0.715. The van der Waals surface area contributed by atoms with Crippen LogP contribution < -0.4 is 0 Å². The number of hydrogen-bond acceptors (Lipinski definition) is 2. The van der Waals surface area contributed by atoms with Crippen molar-refractivity contribution < 1.29 is 5.11 Å². The largest absolute Gasteiger partial charge is 0.385 e. The fourth-order valence-corrected chi connectivity index (χ4v) is 3.35. The first kappa shape index (κ1) is 15.5. The van der Waals surface area contributed by atoms with Crippen molar-refractivity contribution in [2.75, 3.05) is 13.1 Å². The Morgan fingerprint density at radius 1 is 0.955 bits per heavy atom. The number of rotatable bonds is 3. The van der Waals surface area contributed by atoms with E-state index in [4.69, 9.17) is 11.6 Å². The average molecular weight is 316 g/mol. The fourth-order valence-electron chi connectivity index (χ4n) is 3.22. The zero-order valence-corrected chi connectivity index (χ0v) is 13.5. The van der Waals surface area contributed by atoms with Crippen molar-refractivity contribution in [3.63, 3.8) is 0 Å². The van der Waals surface area contributed by atoms with Crippen molar-refractivity contribution >= 4 is 11.6 Å². The van der Waals surface area contributed by atoms with E-state index < -0.39 is 5.60 Å². The molecule has 1 fully saturated rings. The van der Waals surface area contributed by atoms with E-state index in [0.717, 1.165) is 44.5 Å². The lowest BCUT2D eigenvalue weighted by Gasteiger charge is -2.27. The minimum Gasteiger partial charge on any atom is -0.385 e. The van der Waals surface area contributed by atoms with E-state index in [1.807, 2.05) is 30.3 Å². The number of halogens is 1. The number of likely N-dealkylation sites (tertiary alicyclic amines) is 1. The molecule has 0 amide bonds. The van der Waals surface area contributed by atoms with Crippen LogP contribution in [0.4, 0.5) is 0 Å². The average Bonchev–Trinajstić information content (AvgIpc) is 2.72. The summed E-state index contributed by atoms with van der Waals surface area (Å²) in [6.07, 6.45) is 2.58. The van der Waals surface area contributed by atoms with E-state index >= 15 is 0 Å². The summed E-state index contributed by atoms with van der Waals surface area (Å²) in [5.74, 6) is 0. The minimum atomic E-state index is -0.726. The number of hydrogen-bond donors (Lipinski definition) is 1. The van der Waals surface area contributed by atoms with E-state index in [2.05, 4.69) is 29.2 Å². The van der Waals surface area contributed by atoms with Crippen LogP contribution in [0.25, 0.3) is 0 Å². The molecule has 1 aliphatic rings. The maximum atomic E-state index is 11.0. The van der Waals surface area contributed by atoms with Crippen molar-refractivity contribution in [1.82, 2.24) is 4.90 Å². The van der Waals surface area contributed by atoms with Gasteiger partial charge in [-0.25, -0.2) is 0 Å². The number of aliphatic hydroxyl groups is 1. The van der Waals surface area contributed by atoms with Crippen LogP contribution in [0.3, 0.4) is 0 Å². The predicted molar refractivity (Wildman–Crippen MR) is 90.9 cm³/mol. The molecule has 0 aliphatic carbocycles. The first-order valence-corrected chi connectivity index (χ1v) is 8.28. The first-order chi connectivity index (χ1) is 10.7. The van der Waals surface area contributed by atoms with Crippen LogP contribution in [-0.2, 0) is 12.1 Å². The molecule has 0 bridgehead atoms. The van der Waals surface area contributed by atoms with E-state index in [-0.39, 0.29) is 0 Å². The summed E-state index contributed by atoms with van der Waals surface area (Å²) in [5, 5.41) is 11.7. The third kappa shape index (κ3) is 3.70. The van der Waals surface area contributed by atoms with Crippen LogP contribution in [-0.4, -0.2) is 23.1 Å². The van der Waals surface area contributed by atoms with Crippen molar-refractivity contribution in [1.29, 1.82) is 0 Å².